The van der Waals surface area contributed by atoms with Crippen molar-refractivity contribution in [2.45, 2.75) is 0 Å². The standard InChI is InChI=1S/C27H27NO7/c1-32-22-14-18(8-9-19-15-23(33-2)27(35-4)24(16-19)34-3)13-21(26(22)31)28-25(30)11-10-17-6-5-7-20(29)12-17/h5-16,29,31H,1-4H3,(H,28,30)/b9-8?,11-10+. The largest absolute Gasteiger partial charge is 0.508 e. The number of aromatic hydroxyl groups is 2. The van der Waals surface area contributed by atoms with Crippen LogP contribution in [0.4, 0.5) is 5.69 Å². The molecule has 0 aliphatic heterocycles. The van der Waals surface area contributed by atoms with Gasteiger partial charge in [0.2, 0.25) is 11.7 Å². The molecule has 8 nitrogen and oxygen atoms in total. The zero-order valence-corrected chi connectivity index (χ0v) is 19.9. The highest BCUT2D eigenvalue weighted by Gasteiger charge is 2.13. The lowest BCUT2D eigenvalue weighted by molar-refractivity contribution is -0.111. The van der Waals surface area contributed by atoms with Crippen LogP contribution in [0.5, 0.6) is 34.5 Å². The van der Waals surface area contributed by atoms with Gasteiger partial charge in [-0.25, -0.2) is 0 Å². The molecule has 0 aliphatic carbocycles. The number of hydrogen-bond acceptors (Lipinski definition) is 7. The number of ether oxygens (including phenoxy) is 4. The van der Waals surface area contributed by atoms with Crippen LogP contribution in [0.15, 0.2) is 54.6 Å². The predicted molar refractivity (Wildman–Crippen MR) is 135 cm³/mol. The molecule has 3 N–H and O–H groups in total. The smallest absolute Gasteiger partial charge is 0.248 e. The predicted octanol–water partition coefficient (Wildman–Crippen LogP) is 4.95. The van der Waals surface area contributed by atoms with E-state index < -0.39 is 5.91 Å². The molecule has 0 heterocycles. The number of nitrogens with one attached hydrogen (secondary N) is 1. The molecule has 1 amide bonds. The van der Waals surface area contributed by atoms with Gasteiger partial charge in [0, 0.05) is 6.08 Å². The first-order valence-electron chi connectivity index (χ1n) is 10.6. The van der Waals surface area contributed by atoms with Gasteiger partial charge in [-0.15, -0.1) is 0 Å². The quantitative estimate of drug-likeness (QED) is 0.227. The summed E-state index contributed by atoms with van der Waals surface area (Å²) < 4.78 is 21.4. The first-order chi connectivity index (χ1) is 16.9. The van der Waals surface area contributed by atoms with Crippen LogP contribution < -0.4 is 24.3 Å². The molecule has 0 aliphatic rings. The molecule has 0 aromatic heterocycles. The zero-order chi connectivity index (χ0) is 25.4. The number of amides is 1. The molecule has 3 rings (SSSR count). The van der Waals surface area contributed by atoms with Crippen molar-refractivity contribution < 1.29 is 34.0 Å². The average Bonchev–Trinajstić information content (AvgIpc) is 2.87. The van der Waals surface area contributed by atoms with Crippen LogP contribution in [0.1, 0.15) is 16.7 Å². The van der Waals surface area contributed by atoms with E-state index in [0.717, 1.165) is 5.56 Å². The molecule has 0 unspecified atom stereocenters. The second kappa shape index (κ2) is 11.5. The van der Waals surface area contributed by atoms with E-state index in [1.807, 2.05) is 6.08 Å². The van der Waals surface area contributed by atoms with Crippen LogP contribution in [0, 0.1) is 0 Å². The minimum absolute atomic E-state index is 0.0986. The Balaban J connectivity index is 1.87. The third kappa shape index (κ3) is 6.26. The van der Waals surface area contributed by atoms with Crippen molar-refractivity contribution in [1.82, 2.24) is 0 Å². The third-order valence-corrected chi connectivity index (χ3v) is 5.03. The van der Waals surface area contributed by atoms with E-state index in [1.165, 1.54) is 26.4 Å². The average molecular weight is 478 g/mol. The van der Waals surface area contributed by atoms with Gasteiger partial charge in [0.15, 0.2) is 23.0 Å². The first-order valence-corrected chi connectivity index (χ1v) is 10.6. The highest BCUT2D eigenvalue weighted by molar-refractivity contribution is 6.03. The Morgan fingerprint density at radius 1 is 0.743 bits per heavy atom. The van der Waals surface area contributed by atoms with Crippen LogP contribution in [0.3, 0.4) is 0 Å². The summed E-state index contributed by atoms with van der Waals surface area (Å²) >= 11 is 0. The lowest BCUT2D eigenvalue weighted by Gasteiger charge is -2.13. The van der Waals surface area contributed by atoms with Gasteiger partial charge in [0.25, 0.3) is 0 Å². The maximum absolute atomic E-state index is 12.4. The number of phenolic OH excluding ortho intramolecular Hbond substituents is 2. The molecule has 0 spiro atoms. The van der Waals surface area contributed by atoms with Crippen molar-refractivity contribution in [3.63, 3.8) is 0 Å². The van der Waals surface area contributed by atoms with Gasteiger partial charge in [0.1, 0.15) is 5.75 Å². The molecular weight excluding hydrogens is 450 g/mol. The van der Waals surface area contributed by atoms with E-state index in [0.29, 0.717) is 28.4 Å². The number of carbonyl (C=O) groups is 1. The second-order valence-electron chi connectivity index (χ2n) is 7.33. The summed E-state index contributed by atoms with van der Waals surface area (Å²) in [6, 6.07) is 13.3. The van der Waals surface area contributed by atoms with Gasteiger partial charge in [-0.2, -0.15) is 0 Å². The molecule has 0 saturated heterocycles. The molecule has 0 fully saturated rings. The maximum Gasteiger partial charge on any atom is 0.248 e. The second-order valence-corrected chi connectivity index (χ2v) is 7.33. The van der Waals surface area contributed by atoms with Crippen LogP contribution in [0.2, 0.25) is 0 Å². The lowest BCUT2D eigenvalue weighted by Crippen LogP contribution is -2.08. The van der Waals surface area contributed by atoms with Gasteiger partial charge in [-0.3, -0.25) is 4.79 Å². The Morgan fingerprint density at radius 2 is 1.34 bits per heavy atom. The fourth-order valence-electron chi connectivity index (χ4n) is 3.34. The first kappa shape index (κ1) is 25.0. The SMILES string of the molecule is COc1cc(C=Cc2cc(OC)c(OC)c(OC)c2)cc(NC(=O)/C=C/c2cccc(O)c2)c1O. The summed E-state index contributed by atoms with van der Waals surface area (Å²) in [6.07, 6.45) is 6.47. The number of rotatable bonds is 9. The molecule has 0 radical (unpaired) electrons. The van der Waals surface area contributed by atoms with Crippen molar-refractivity contribution in [1.29, 1.82) is 0 Å². The molecule has 8 heteroatoms. The summed E-state index contributed by atoms with van der Waals surface area (Å²) in [4.78, 5) is 12.4. The summed E-state index contributed by atoms with van der Waals surface area (Å²) in [7, 11) is 6.04. The Kier molecular flexibility index (Phi) is 8.24. The molecule has 182 valence electrons. The number of hydrogen-bond donors (Lipinski definition) is 3. The van der Waals surface area contributed by atoms with Crippen molar-refractivity contribution >= 4 is 29.8 Å². The molecule has 0 atom stereocenters. The molecule has 3 aromatic rings. The highest BCUT2D eigenvalue weighted by Crippen LogP contribution is 2.39. The molecule has 35 heavy (non-hydrogen) atoms. The van der Waals surface area contributed by atoms with Crippen molar-refractivity contribution in [3.8, 4) is 34.5 Å². The van der Waals surface area contributed by atoms with E-state index in [4.69, 9.17) is 18.9 Å². The Labute approximate surface area is 203 Å². The normalized spacial score (nSPS) is 11.0. The summed E-state index contributed by atoms with van der Waals surface area (Å²) in [5.74, 6) is 1.16. The minimum Gasteiger partial charge on any atom is -0.508 e. The van der Waals surface area contributed by atoms with Crippen molar-refractivity contribution in [2.75, 3.05) is 33.8 Å². The molecule has 0 saturated carbocycles. The van der Waals surface area contributed by atoms with Crippen molar-refractivity contribution in [3.05, 3.63) is 71.3 Å². The monoisotopic (exact) mass is 477 g/mol. The molecule has 0 bridgehead atoms. The van der Waals surface area contributed by atoms with Gasteiger partial charge in [-0.05, 0) is 59.2 Å². The number of benzene rings is 3. The number of anilines is 1. The van der Waals surface area contributed by atoms with Crippen LogP contribution in [0.25, 0.3) is 18.2 Å². The Bertz CT molecular complexity index is 1240. The van der Waals surface area contributed by atoms with Crippen LogP contribution >= 0.6 is 0 Å². The Morgan fingerprint density at radius 3 is 1.91 bits per heavy atom. The summed E-state index contributed by atoms with van der Waals surface area (Å²) in [5, 5.41) is 22.7. The van der Waals surface area contributed by atoms with Gasteiger partial charge in [-0.1, -0.05) is 24.3 Å². The summed E-state index contributed by atoms with van der Waals surface area (Å²) in [6.45, 7) is 0. The van der Waals surface area contributed by atoms with Crippen LogP contribution in [-0.2, 0) is 4.79 Å². The topological polar surface area (TPSA) is 106 Å². The fourth-order valence-corrected chi connectivity index (χ4v) is 3.34. The maximum atomic E-state index is 12.4. The van der Waals surface area contributed by atoms with Gasteiger partial charge >= 0.3 is 0 Å². The van der Waals surface area contributed by atoms with E-state index in [9.17, 15) is 15.0 Å². The van der Waals surface area contributed by atoms with E-state index in [2.05, 4.69) is 5.32 Å². The molecular formula is C27H27NO7. The number of carbonyl (C=O) groups excluding carboxylic acids is 1. The lowest BCUT2D eigenvalue weighted by atomic mass is 10.1. The van der Waals surface area contributed by atoms with Crippen LogP contribution in [-0.4, -0.2) is 44.6 Å². The third-order valence-electron chi connectivity index (χ3n) is 5.03. The van der Waals surface area contributed by atoms with Gasteiger partial charge < -0.3 is 34.5 Å². The zero-order valence-electron chi connectivity index (χ0n) is 19.9. The number of methoxy groups -OCH3 is 4. The Hall–Kier alpha value is -4.59. The van der Waals surface area contributed by atoms with E-state index >= 15 is 0 Å². The molecule has 3 aromatic carbocycles. The summed E-state index contributed by atoms with van der Waals surface area (Å²) in [5.41, 5.74) is 2.29. The highest BCUT2D eigenvalue weighted by atomic mass is 16.5. The minimum atomic E-state index is -0.462. The van der Waals surface area contributed by atoms with Gasteiger partial charge in [0.05, 0.1) is 34.1 Å². The van der Waals surface area contributed by atoms with Crippen molar-refractivity contribution in [2.24, 2.45) is 0 Å². The van der Waals surface area contributed by atoms with E-state index in [-0.39, 0.29) is 22.9 Å². The van der Waals surface area contributed by atoms with E-state index in [1.54, 1.807) is 68.8 Å². The number of phenols is 2. The fraction of sp³-hybridized carbons (Fsp3) is 0.148.